The molecule has 18 heavy (non-hydrogen) atoms. The van der Waals surface area contributed by atoms with Crippen molar-refractivity contribution in [2.45, 2.75) is 37.4 Å². The lowest BCUT2D eigenvalue weighted by Gasteiger charge is -2.36. The fraction of sp³-hybridized carbons (Fsp3) is 0.600. The minimum atomic E-state index is 0.557. The van der Waals surface area contributed by atoms with E-state index in [0.717, 1.165) is 19.6 Å². The van der Waals surface area contributed by atoms with Gasteiger partial charge >= 0.3 is 0 Å². The van der Waals surface area contributed by atoms with Crippen LogP contribution in [-0.2, 0) is 0 Å². The molecule has 0 aromatic heterocycles. The van der Waals surface area contributed by atoms with E-state index < -0.39 is 0 Å². The molecule has 1 rings (SSSR count). The topological polar surface area (TPSA) is 36.1 Å². The minimum Gasteiger partial charge on any atom is -0.310 e. The Morgan fingerprint density at radius 1 is 0.667 bits per heavy atom. The molecule has 1 aliphatic rings. The predicted octanol–water partition coefficient (Wildman–Crippen LogP) is 1.60. The summed E-state index contributed by atoms with van der Waals surface area (Å²) >= 11 is 0. The Labute approximate surface area is 111 Å². The molecule has 0 heterocycles. The van der Waals surface area contributed by atoms with E-state index in [-0.39, 0.29) is 0 Å². The highest BCUT2D eigenvalue weighted by molar-refractivity contribution is 4.93. The Balaban J connectivity index is 2.44. The Morgan fingerprint density at radius 2 is 0.944 bits per heavy atom. The van der Waals surface area contributed by atoms with E-state index >= 15 is 0 Å². The van der Waals surface area contributed by atoms with Crippen molar-refractivity contribution in [2.75, 3.05) is 19.6 Å². The maximum Gasteiger partial charge on any atom is 0.0134 e. The molecule has 0 aromatic carbocycles. The van der Waals surface area contributed by atoms with Gasteiger partial charge in [0.05, 0.1) is 0 Å². The summed E-state index contributed by atoms with van der Waals surface area (Å²) in [4.78, 5) is 0. The van der Waals surface area contributed by atoms with Crippen LogP contribution in [0.3, 0.4) is 0 Å². The molecule has 1 fully saturated rings. The van der Waals surface area contributed by atoms with Gasteiger partial charge in [-0.1, -0.05) is 18.2 Å². The smallest absolute Gasteiger partial charge is 0.0134 e. The molecule has 102 valence electrons. The van der Waals surface area contributed by atoms with Crippen molar-refractivity contribution < 1.29 is 0 Å². The standard InChI is InChI=1S/C15H27N3/c1-4-7-16-13-10-14(17-8-5-2)12-15(11-13)18-9-6-3/h4-6,13-18H,1-3,7-12H2. The van der Waals surface area contributed by atoms with Crippen molar-refractivity contribution in [3.8, 4) is 0 Å². The van der Waals surface area contributed by atoms with Crippen molar-refractivity contribution in [2.24, 2.45) is 0 Å². The third-order valence-electron chi connectivity index (χ3n) is 3.36. The second kappa shape index (κ2) is 9.09. The van der Waals surface area contributed by atoms with Gasteiger partial charge < -0.3 is 16.0 Å². The summed E-state index contributed by atoms with van der Waals surface area (Å²) in [5, 5.41) is 10.6. The Hall–Kier alpha value is -0.900. The Kier molecular flexibility index (Phi) is 7.65. The van der Waals surface area contributed by atoms with Gasteiger partial charge in [0.15, 0.2) is 0 Å². The third kappa shape index (κ3) is 5.63. The van der Waals surface area contributed by atoms with Crippen molar-refractivity contribution in [1.29, 1.82) is 0 Å². The van der Waals surface area contributed by atoms with Crippen molar-refractivity contribution in [3.05, 3.63) is 38.0 Å². The van der Waals surface area contributed by atoms with Crippen LogP contribution in [0.5, 0.6) is 0 Å². The quantitative estimate of drug-likeness (QED) is 0.543. The molecule has 0 saturated heterocycles. The molecule has 1 saturated carbocycles. The van der Waals surface area contributed by atoms with Crippen LogP contribution in [0.2, 0.25) is 0 Å². The molecule has 0 spiro atoms. The number of nitrogens with one attached hydrogen (secondary N) is 3. The van der Waals surface area contributed by atoms with Crippen LogP contribution in [-0.4, -0.2) is 37.8 Å². The van der Waals surface area contributed by atoms with Crippen molar-refractivity contribution in [1.82, 2.24) is 16.0 Å². The minimum absolute atomic E-state index is 0.557. The average Bonchev–Trinajstić information content (AvgIpc) is 2.40. The highest BCUT2D eigenvalue weighted by Gasteiger charge is 2.27. The zero-order valence-electron chi connectivity index (χ0n) is 11.3. The molecule has 3 heteroatoms. The molecular formula is C15H27N3. The third-order valence-corrected chi connectivity index (χ3v) is 3.36. The molecule has 0 aliphatic heterocycles. The van der Waals surface area contributed by atoms with Crippen LogP contribution < -0.4 is 16.0 Å². The van der Waals surface area contributed by atoms with Gasteiger partial charge in [-0.05, 0) is 19.3 Å². The van der Waals surface area contributed by atoms with E-state index in [1.54, 1.807) is 0 Å². The fourth-order valence-electron chi connectivity index (χ4n) is 2.57. The van der Waals surface area contributed by atoms with Crippen LogP contribution >= 0.6 is 0 Å². The second-order valence-electron chi connectivity index (χ2n) is 4.89. The summed E-state index contributed by atoms with van der Waals surface area (Å²) in [6, 6.07) is 1.67. The summed E-state index contributed by atoms with van der Waals surface area (Å²) < 4.78 is 0. The van der Waals surface area contributed by atoms with E-state index in [9.17, 15) is 0 Å². The van der Waals surface area contributed by atoms with Gasteiger partial charge in [-0.25, -0.2) is 0 Å². The van der Waals surface area contributed by atoms with Gasteiger partial charge in [0, 0.05) is 37.8 Å². The monoisotopic (exact) mass is 249 g/mol. The molecule has 0 atom stereocenters. The SMILES string of the molecule is C=CCNC1CC(NCC=C)CC(NCC=C)C1. The molecule has 3 nitrogen and oxygen atoms in total. The molecule has 0 unspecified atom stereocenters. The van der Waals surface area contributed by atoms with Crippen LogP contribution in [0.1, 0.15) is 19.3 Å². The summed E-state index contributed by atoms with van der Waals surface area (Å²) in [7, 11) is 0. The van der Waals surface area contributed by atoms with E-state index in [1.807, 2.05) is 18.2 Å². The lowest BCUT2D eigenvalue weighted by atomic mass is 9.87. The maximum atomic E-state index is 3.76. The van der Waals surface area contributed by atoms with E-state index in [4.69, 9.17) is 0 Å². The first kappa shape index (κ1) is 15.2. The molecule has 0 radical (unpaired) electrons. The zero-order valence-corrected chi connectivity index (χ0v) is 11.3. The number of hydrogen-bond donors (Lipinski definition) is 3. The van der Waals surface area contributed by atoms with Gasteiger partial charge in [0.2, 0.25) is 0 Å². The predicted molar refractivity (Wildman–Crippen MR) is 79.8 cm³/mol. The largest absolute Gasteiger partial charge is 0.310 e. The number of rotatable bonds is 9. The van der Waals surface area contributed by atoms with Gasteiger partial charge in [-0.2, -0.15) is 0 Å². The van der Waals surface area contributed by atoms with Gasteiger partial charge in [-0.15, -0.1) is 19.7 Å². The molecule has 1 aliphatic carbocycles. The van der Waals surface area contributed by atoms with Gasteiger partial charge in [-0.3, -0.25) is 0 Å². The first-order chi connectivity index (χ1) is 8.80. The molecule has 0 aromatic rings. The first-order valence-electron chi connectivity index (χ1n) is 6.83. The lowest BCUT2D eigenvalue weighted by molar-refractivity contribution is 0.261. The summed E-state index contributed by atoms with van der Waals surface area (Å²) in [5.41, 5.74) is 0. The molecule has 3 N–H and O–H groups in total. The van der Waals surface area contributed by atoms with E-state index in [0.29, 0.717) is 18.1 Å². The second-order valence-corrected chi connectivity index (χ2v) is 4.89. The van der Waals surface area contributed by atoms with Gasteiger partial charge in [0.1, 0.15) is 0 Å². The van der Waals surface area contributed by atoms with Crippen molar-refractivity contribution >= 4 is 0 Å². The Morgan fingerprint density at radius 3 is 1.17 bits per heavy atom. The average molecular weight is 249 g/mol. The first-order valence-corrected chi connectivity index (χ1v) is 6.83. The summed E-state index contributed by atoms with van der Waals surface area (Å²) in [6.45, 7) is 13.9. The van der Waals surface area contributed by atoms with Crippen LogP contribution in [0, 0.1) is 0 Å². The maximum absolute atomic E-state index is 3.76. The molecular weight excluding hydrogens is 222 g/mol. The zero-order chi connectivity index (χ0) is 13.2. The van der Waals surface area contributed by atoms with Gasteiger partial charge in [0.25, 0.3) is 0 Å². The van der Waals surface area contributed by atoms with Crippen LogP contribution in [0.25, 0.3) is 0 Å². The van der Waals surface area contributed by atoms with E-state index in [1.165, 1.54) is 19.3 Å². The summed E-state index contributed by atoms with van der Waals surface area (Å²) in [5.74, 6) is 0. The Bertz CT molecular complexity index is 214. The van der Waals surface area contributed by atoms with Crippen molar-refractivity contribution in [3.63, 3.8) is 0 Å². The highest BCUT2D eigenvalue weighted by Crippen LogP contribution is 2.19. The van der Waals surface area contributed by atoms with E-state index in [2.05, 4.69) is 35.7 Å². The lowest BCUT2D eigenvalue weighted by Crippen LogP contribution is -2.50. The van der Waals surface area contributed by atoms with Crippen LogP contribution in [0.4, 0.5) is 0 Å². The van der Waals surface area contributed by atoms with Crippen LogP contribution in [0.15, 0.2) is 38.0 Å². The normalized spacial score (nSPS) is 27.7. The summed E-state index contributed by atoms with van der Waals surface area (Å²) in [6.07, 6.45) is 9.29. The molecule has 0 bridgehead atoms. The number of hydrogen-bond acceptors (Lipinski definition) is 3. The highest BCUT2D eigenvalue weighted by atomic mass is 15.0. The fourth-order valence-corrected chi connectivity index (χ4v) is 2.57. The molecule has 0 amide bonds.